The van der Waals surface area contributed by atoms with E-state index < -0.39 is 11.7 Å². The number of alkyl halides is 3. The molecule has 0 radical (unpaired) electrons. The predicted octanol–water partition coefficient (Wildman–Crippen LogP) is 3.19. The molecular weight excluding hydrogens is 269 g/mol. The topological polar surface area (TPSA) is 36.3 Å². The largest absolute Gasteiger partial charge is 0.417 e. The van der Waals surface area contributed by atoms with Crippen LogP contribution in [0.25, 0.3) is 0 Å². The molecule has 1 aromatic rings. The van der Waals surface area contributed by atoms with Crippen LogP contribution in [0.2, 0.25) is 0 Å². The first-order chi connectivity index (χ1) is 9.31. The van der Waals surface area contributed by atoms with Crippen LogP contribution < -0.4 is 4.90 Å². The van der Waals surface area contributed by atoms with E-state index >= 15 is 0 Å². The first-order valence-electron chi connectivity index (χ1n) is 6.33. The fraction of sp³-hybridized carbons (Fsp3) is 0.500. The third-order valence-electron chi connectivity index (χ3n) is 3.11. The number of hydrogen-bond acceptors (Lipinski definition) is 3. The molecule has 2 rings (SSSR count). The molecule has 1 fully saturated rings. The lowest BCUT2D eigenvalue weighted by Crippen LogP contribution is -2.53. The van der Waals surface area contributed by atoms with E-state index in [4.69, 9.17) is 10.00 Å². The molecule has 6 heteroatoms. The summed E-state index contributed by atoms with van der Waals surface area (Å²) in [7, 11) is 0. The maximum atomic E-state index is 12.7. The van der Waals surface area contributed by atoms with E-state index in [1.807, 2.05) is 18.7 Å². The zero-order valence-electron chi connectivity index (χ0n) is 11.2. The van der Waals surface area contributed by atoms with E-state index in [2.05, 4.69) is 0 Å². The summed E-state index contributed by atoms with van der Waals surface area (Å²) in [6.45, 7) is 5.14. The summed E-state index contributed by atoms with van der Waals surface area (Å²) < 4.78 is 43.6. The molecule has 0 aliphatic carbocycles. The van der Waals surface area contributed by atoms with Crippen LogP contribution in [0.4, 0.5) is 18.9 Å². The van der Waals surface area contributed by atoms with E-state index in [1.54, 1.807) is 6.07 Å². The van der Waals surface area contributed by atoms with Crippen molar-refractivity contribution in [3.05, 3.63) is 29.3 Å². The van der Waals surface area contributed by atoms with Crippen molar-refractivity contribution in [2.24, 2.45) is 0 Å². The van der Waals surface area contributed by atoms with Gasteiger partial charge in [-0.15, -0.1) is 0 Å². The minimum absolute atomic E-state index is 0.0998. The standard InChI is InChI=1S/C14H15F3N2O/c1-9(2)20-12-7-19(8-12)11-3-4-13(14(15,16)17)10(5-11)6-18/h3-5,9,12H,7-8H2,1-2H3. The number of benzene rings is 1. The van der Waals surface area contributed by atoms with Crippen LogP contribution in [-0.4, -0.2) is 25.3 Å². The quantitative estimate of drug-likeness (QED) is 0.855. The van der Waals surface area contributed by atoms with Gasteiger partial charge in [0, 0.05) is 18.8 Å². The number of nitrogens with zero attached hydrogens (tertiary/aromatic N) is 2. The van der Waals surface area contributed by atoms with Crippen LogP contribution >= 0.6 is 0 Å². The SMILES string of the molecule is CC(C)OC1CN(c2ccc(C(F)(F)F)c(C#N)c2)C1. The molecule has 0 aromatic heterocycles. The summed E-state index contributed by atoms with van der Waals surface area (Å²) in [4.78, 5) is 1.90. The molecule has 1 heterocycles. The van der Waals surface area contributed by atoms with Crippen molar-refractivity contribution in [1.82, 2.24) is 0 Å². The molecule has 0 atom stereocenters. The average Bonchev–Trinajstić information content (AvgIpc) is 2.31. The van der Waals surface area contributed by atoms with Crippen LogP contribution in [0, 0.1) is 11.3 Å². The van der Waals surface area contributed by atoms with Gasteiger partial charge in [0.2, 0.25) is 0 Å². The summed E-state index contributed by atoms with van der Waals surface area (Å²) in [5.74, 6) is 0. The number of anilines is 1. The van der Waals surface area contributed by atoms with Gasteiger partial charge in [-0.05, 0) is 32.0 Å². The van der Waals surface area contributed by atoms with Crippen LogP contribution in [0.5, 0.6) is 0 Å². The Morgan fingerprint density at radius 1 is 1.35 bits per heavy atom. The van der Waals surface area contributed by atoms with Crippen molar-refractivity contribution >= 4 is 5.69 Å². The Hall–Kier alpha value is -1.74. The summed E-state index contributed by atoms with van der Waals surface area (Å²) in [5.41, 5.74) is -0.611. The molecule has 0 saturated carbocycles. The Morgan fingerprint density at radius 3 is 2.50 bits per heavy atom. The van der Waals surface area contributed by atoms with E-state index in [0.29, 0.717) is 18.8 Å². The number of ether oxygens (including phenoxy) is 1. The third-order valence-corrected chi connectivity index (χ3v) is 3.11. The fourth-order valence-corrected chi connectivity index (χ4v) is 2.19. The Kier molecular flexibility index (Phi) is 3.91. The molecule has 0 amide bonds. The van der Waals surface area contributed by atoms with Crippen LogP contribution in [-0.2, 0) is 10.9 Å². The molecule has 108 valence electrons. The fourth-order valence-electron chi connectivity index (χ4n) is 2.19. The molecule has 1 aliphatic heterocycles. The Bertz CT molecular complexity index is 528. The highest BCUT2D eigenvalue weighted by atomic mass is 19.4. The number of hydrogen-bond donors (Lipinski definition) is 0. The van der Waals surface area contributed by atoms with Crippen molar-refractivity contribution in [3.63, 3.8) is 0 Å². The van der Waals surface area contributed by atoms with E-state index in [1.165, 1.54) is 12.1 Å². The van der Waals surface area contributed by atoms with Crippen molar-refractivity contribution in [1.29, 1.82) is 5.26 Å². The van der Waals surface area contributed by atoms with Crippen LogP contribution in [0.3, 0.4) is 0 Å². The van der Waals surface area contributed by atoms with Crippen molar-refractivity contribution in [3.8, 4) is 6.07 Å². The zero-order valence-corrected chi connectivity index (χ0v) is 11.2. The zero-order chi connectivity index (χ0) is 14.9. The Balaban J connectivity index is 2.11. The monoisotopic (exact) mass is 284 g/mol. The first-order valence-corrected chi connectivity index (χ1v) is 6.33. The van der Waals surface area contributed by atoms with E-state index in [-0.39, 0.29) is 17.8 Å². The molecule has 0 unspecified atom stereocenters. The van der Waals surface area contributed by atoms with Gasteiger partial charge in [-0.25, -0.2) is 0 Å². The molecule has 20 heavy (non-hydrogen) atoms. The second kappa shape index (κ2) is 5.33. The number of halogens is 3. The summed E-state index contributed by atoms with van der Waals surface area (Å²) in [6, 6.07) is 5.26. The minimum Gasteiger partial charge on any atom is -0.372 e. The maximum absolute atomic E-state index is 12.7. The lowest BCUT2D eigenvalue weighted by atomic mass is 10.0. The molecule has 1 saturated heterocycles. The van der Waals surface area contributed by atoms with Gasteiger partial charge in [0.1, 0.15) is 0 Å². The second-order valence-electron chi connectivity index (χ2n) is 5.05. The number of nitriles is 1. The van der Waals surface area contributed by atoms with Crippen molar-refractivity contribution < 1.29 is 17.9 Å². The normalized spacial score (nSPS) is 16.1. The van der Waals surface area contributed by atoms with Crippen LogP contribution in [0.1, 0.15) is 25.0 Å². The molecular formula is C14H15F3N2O. The second-order valence-corrected chi connectivity index (χ2v) is 5.05. The minimum atomic E-state index is -4.50. The predicted molar refractivity (Wildman–Crippen MR) is 68.4 cm³/mol. The molecule has 1 aromatic carbocycles. The maximum Gasteiger partial charge on any atom is 0.417 e. The van der Waals surface area contributed by atoms with E-state index in [0.717, 1.165) is 6.07 Å². The highest BCUT2D eigenvalue weighted by Crippen LogP contribution is 2.34. The highest BCUT2D eigenvalue weighted by Gasteiger charge is 2.35. The van der Waals surface area contributed by atoms with Crippen molar-refractivity contribution in [2.45, 2.75) is 32.2 Å². The van der Waals surface area contributed by atoms with Gasteiger partial charge in [0.25, 0.3) is 0 Å². The summed E-state index contributed by atoms with van der Waals surface area (Å²) in [6.07, 6.45) is -4.27. The molecule has 0 spiro atoms. The van der Waals surface area contributed by atoms with Crippen LogP contribution in [0.15, 0.2) is 18.2 Å². The third kappa shape index (κ3) is 3.05. The van der Waals surface area contributed by atoms with Gasteiger partial charge in [-0.1, -0.05) is 0 Å². The molecule has 3 nitrogen and oxygen atoms in total. The molecule has 0 N–H and O–H groups in total. The van der Waals surface area contributed by atoms with Gasteiger partial charge in [0.05, 0.1) is 29.4 Å². The van der Waals surface area contributed by atoms with Gasteiger partial charge >= 0.3 is 6.18 Å². The first kappa shape index (κ1) is 14.7. The molecule has 1 aliphatic rings. The number of rotatable bonds is 3. The Morgan fingerprint density at radius 2 is 2.00 bits per heavy atom. The van der Waals surface area contributed by atoms with Gasteiger partial charge in [-0.2, -0.15) is 18.4 Å². The lowest BCUT2D eigenvalue weighted by Gasteiger charge is -2.41. The summed E-state index contributed by atoms with van der Waals surface area (Å²) >= 11 is 0. The van der Waals surface area contributed by atoms with Gasteiger partial charge in [0.15, 0.2) is 0 Å². The Labute approximate surface area is 115 Å². The van der Waals surface area contributed by atoms with Crippen molar-refractivity contribution in [2.75, 3.05) is 18.0 Å². The molecule has 0 bridgehead atoms. The lowest BCUT2D eigenvalue weighted by molar-refractivity contribution is -0.137. The average molecular weight is 284 g/mol. The van der Waals surface area contributed by atoms with Gasteiger partial charge < -0.3 is 9.64 Å². The van der Waals surface area contributed by atoms with E-state index in [9.17, 15) is 13.2 Å². The smallest absolute Gasteiger partial charge is 0.372 e. The highest BCUT2D eigenvalue weighted by molar-refractivity contribution is 5.56. The summed E-state index contributed by atoms with van der Waals surface area (Å²) in [5, 5.41) is 8.86. The van der Waals surface area contributed by atoms with Gasteiger partial charge in [-0.3, -0.25) is 0 Å².